The molecule has 0 spiro atoms. The van der Waals surface area contributed by atoms with Crippen molar-refractivity contribution in [1.29, 1.82) is 0 Å². The molecule has 4 N–H and O–H groups in total. The van der Waals surface area contributed by atoms with E-state index in [9.17, 15) is 25.2 Å². The summed E-state index contributed by atoms with van der Waals surface area (Å²) in [5.41, 5.74) is 0. The zero-order valence-electron chi connectivity index (χ0n) is 12.5. The summed E-state index contributed by atoms with van der Waals surface area (Å²) in [6, 6.07) is 0.0106. The second-order valence-electron chi connectivity index (χ2n) is 6.67. The highest BCUT2D eigenvalue weighted by Gasteiger charge is 2.50. The molecule has 2 saturated heterocycles. The van der Waals surface area contributed by atoms with Crippen molar-refractivity contribution in [2.75, 3.05) is 6.61 Å². The molecule has 22 heavy (non-hydrogen) atoms. The van der Waals surface area contributed by atoms with Crippen molar-refractivity contribution in [3.8, 4) is 0 Å². The molecule has 126 valence electrons. The lowest BCUT2D eigenvalue weighted by Crippen LogP contribution is -2.67. The molecule has 1 aliphatic carbocycles. The third kappa shape index (κ3) is 2.65. The molecule has 3 aliphatic rings. The molecule has 0 aromatic rings. The number of hydrogen-bond donors (Lipinski definition) is 4. The normalized spacial score (nSPS) is 46.5. The Kier molecular flexibility index (Phi) is 4.70. The van der Waals surface area contributed by atoms with Crippen LogP contribution in [-0.4, -0.2) is 74.5 Å². The lowest BCUT2D eigenvalue weighted by atomic mass is 9.77. The van der Waals surface area contributed by atoms with Crippen LogP contribution in [0.5, 0.6) is 0 Å². The van der Waals surface area contributed by atoms with Gasteiger partial charge in [-0.2, -0.15) is 0 Å². The van der Waals surface area contributed by atoms with Gasteiger partial charge >= 0.3 is 0 Å². The molecule has 1 amide bonds. The highest BCUT2D eigenvalue weighted by Crippen LogP contribution is 2.39. The Morgan fingerprint density at radius 3 is 2.50 bits per heavy atom. The van der Waals surface area contributed by atoms with Gasteiger partial charge in [0, 0.05) is 12.5 Å². The molecule has 3 rings (SSSR count). The molecular formula is C15H25NO6. The van der Waals surface area contributed by atoms with Crippen molar-refractivity contribution in [2.24, 2.45) is 5.92 Å². The van der Waals surface area contributed by atoms with Crippen LogP contribution < -0.4 is 0 Å². The van der Waals surface area contributed by atoms with Crippen molar-refractivity contribution >= 4 is 5.91 Å². The zero-order chi connectivity index (χ0) is 15.9. The molecule has 7 nitrogen and oxygen atoms in total. The third-order valence-corrected chi connectivity index (χ3v) is 5.38. The van der Waals surface area contributed by atoms with Gasteiger partial charge in [-0.1, -0.05) is 12.8 Å². The number of carbonyl (C=O) groups is 1. The van der Waals surface area contributed by atoms with Gasteiger partial charge in [0.1, 0.15) is 24.4 Å². The number of ether oxygens (including phenoxy) is 1. The van der Waals surface area contributed by atoms with E-state index in [1.54, 1.807) is 4.90 Å². The Hall–Kier alpha value is -0.730. The fourth-order valence-electron chi connectivity index (χ4n) is 4.16. The standard InChI is InChI=1S/C15H25NO6/c17-7-10-12(19)13(20)14(21)15(22-10)16-9-4-2-1-3-8(9)5-6-11(16)18/h8-10,12-15,17,19-21H,1-7H2/t8?,9?,10-,12+,13+,14-,15?/m1/s1. The van der Waals surface area contributed by atoms with E-state index < -0.39 is 37.3 Å². The summed E-state index contributed by atoms with van der Waals surface area (Å²) in [6.07, 6.45) is -0.798. The maximum Gasteiger partial charge on any atom is 0.224 e. The molecule has 2 aliphatic heterocycles. The van der Waals surface area contributed by atoms with Crippen LogP contribution in [0.3, 0.4) is 0 Å². The smallest absolute Gasteiger partial charge is 0.224 e. The number of rotatable bonds is 2. The minimum atomic E-state index is -1.44. The fraction of sp³-hybridized carbons (Fsp3) is 0.933. The van der Waals surface area contributed by atoms with Crippen LogP contribution in [0.15, 0.2) is 0 Å². The third-order valence-electron chi connectivity index (χ3n) is 5.38. The monoisotopic (exact) mass is 315 g/mol. The highest BCUT2D eigenvalue weighted by atomic mass is 16.6. The Labute approximate surface area is 129 Å². The number of nitrogens with zero attached hydrogens (tertiary/aromatic N) is 1. The topological polar surface area (TPSA) is 110 Å². The van der Waals surface area contributed by atoms with Gasteiger partial charge in [0.25, 0.3) is 0 Å². The van der Waals surface area contributed by atoms with Gasteiger partial charge in [-0.05, 0) is 25.2 Å². The van der Waals surface area contributed by atoms with E-state index in [2.05, 4.69) is 0 Å². The lowest BCUT2D eigenvalue weighted by molar-refractivity contribution is -0.271. The molecule has 1 saturated carbocycles. The number of piperidine rings is 1. The van der Waals surface area contributed by atoms with Crippen molar-refractivity contribution in [3.05, 3.63) is 0 Å². The van der Waals surface area contributed by atoms with Crippen LogP contribution in [0.1, 0.15) is 38.5 Å². The highest BCUT2D eigenvalue weighted by molar-refractivity contribution is 5.77. The van der Waals surface area contributed by atoms with Crippen molar-refractivity contribution in [3.63, 3.8) is 0 Å². The van der Waals surface area contributed by atoms with Crippen molar-refractivity contribution in [1.82, 2.24) is 4.90 Å². The van der Waals surface area contributed by atoms with Crippen LogP contribution in [0.4, 0.5) is 0 Å². The Morgan fingerprint density at radius 2 is 1.77 bits per heavy atom. The number of aliphatic hydroxyl groups is 4. The van der Waals surface area contributed by atoms with Gasteiger partial charge in [-0.3, -0.25) is 4.79 Å². The Bertz CT molecular complexity index is 417. The number of likely N-dealkylation sites (tertiary alicyclic amines) is 1. The van der Waals surface area contributed by atoms with Crippen molar-refractivity contribution in [2.45, 2.75) is 75.2 Å². The number of fused-ring (bicyclic) bond motifs is 1. The summed E-state index contributed by atoms with van der Waals surface area (Å²) >= 11 is 0. The maximum atomic E-state index is 12.4. The predicted molar refractivity (Wildman–Crippen MR) is 75.6 cm³/mol. The van der Waals surface area contributed by atoms with E-state index >= 15 is 0 Å². The molecule has 3 fully saturated rings. The average molecular weight is 315 g/mol. The molecular weight excluding hydrogens is 290 g/mol. The van der Waals surface area contributed by atoms with Gasteiger partial charge in [0.05, 0.1) is 6.61 Å². The van der Waals surface area contributed by atoms with E-state index in [4.69, 9.17) is 4.74 Å². The molecule has 7 atom stereocenters. The molecule has 3 unspecified atom stereocenters. The molecule has 0 bridgehead atoms. The number of aliphatic hydroxyl groups excluding tert-OH is 4. The number of hydrogen-bond acceptors (Lipinski definition) is 6. The second kappa shape index (κ2) is 6.41. The van der Waals surface area contributed by atoms with E-state index in [0.717, 1.165) is 32.1 Å². The molecule has 0 aromatic heterocycles. The van der Waals surface area contributed by atoms with Crippen LogP contribution in [-0.2, 0) is 9.53 Å². The predicted octanol–water partition coefficient (Wildman–Crippen LogP) is -1.03. The van der Waals surface area contributed by atoms with Crippen LogP contribution in [0, 0.1) is 5.92 Å². The first kappa shape index (κ1) is 16.1. The average Bonchev–Trinajstić information content (AvgIpc) is 2.54. The molecule has 0 radical (unpaired) electrons. The van der Waals surface area contributed by atoms with Gasteiger partial charge in [-0.15, -0.1) is 0 Å². The van der Waals surface area contributed by atoms with E-state index in [0.29, 0.717) is 12.3 Å². The maximum absolute atomic E-state index is 12.4. The molecule has 7 heteroatoms. The summed E-state index contributed by atoms with van der Waals surface area (Å²) in [6.45, 7) is -0.475. The molecule has 2 heterocycles. The van der Waals surface area contributed by atoms with E-state index in [1.807, 2.05) is 0 Å². The minimum absolute atomic E-state index is 0.0106. The van der Waals surface area contributed by atoms with Gasteiger partial charge in [-0.25, -0.2) is 0 Å². The van der Waals surface area contributed by atoms with Crippen LogP contribution in [0.25, 0.3) is 0 Å². The summed E-state index contributed by atoms with van der Waals surface area (Å²) < 4.78 is 5.58. The zero-order valence-corrected chi connectivity index (χ0v) is 12.5. The van der Waals surface area contributed by atoms with Crippen LogP contribution >= 0.6 is 0 Å². The SMILES string of the molecule is O=C1CCC2CCCCC2N1C1O[C@H](CO)[C@H](O)[C@H](O)[C@H]1O. The Balaban J connectivity index is 1.84. The second-order valence-corrected chi connectivity index (χ2v) is 6.67. The van der Waals surface area contributed by atoms with E-state index in [1.165, 1.54) is 0 Å². The first-order valence-corrected chi connectivity index (χ1v) is 8.16. The van der Waals surface area contributed by atoms with Gasteiger partial charge < -0.3 is 30.1 Å². The summed E-state index contributed by atoms with van der Waals surface area (Å²) in [7, 11) is 0. The molecule has 0 aromatic carbocycles. The Morgan fingerprint density at radius 1 is 1.05 bits per heavy atom. The first-order chi connectivity index (χ1) is 10.5. The summed E-state index contributed by atoms with van der Waals surface area (Å²) in [5, 5.41) is 39.4. The lowest BCUT2D eigenvalue weighted by Gasteiger charge is -2.51. The van der Waals surface area contributed by atoms with E-state index in [-0.39, 0.29) is 11.9 Å². The number of carbonyl (C=O) groups excluding carboxylic acids is 1. The quantitative estimate of drug-likeness (QED) is 0.518. The van der Waals surface area contributed by atoms with Crippen molar-refractivity contribution < 1.29 is 30.0 Å². The van der Waals surface area contributed by atoms with Crippen LogP contribution in [0.2, 0.25) is 0 Å². The first-order valence-electron chi connectivity index (χ1n) is 8.16. The summed E-state index contributed by atoms with van der Waals surface area (Å²) in [5.74, 6) is 0.311. The van der Waals surface area contributed by atoms with Gasteiger partial charge in [0.2, 0.25) is 5.91 Å². The summed E-state index contributed by atoms with van der Waals surface area (Å²) in [4.78, 5) is 14.0. The van der Waals surface area contributed by atoms with Gasteiger partial charge in [0.15, 0.2) is 6.23 Å². The largest absolute Gasteiger partial charge is 0.394 e. The minimum Gasteiger partial charge on any atom is -0.394 e. The fourth-order valence-corrected chi connectivity index (χ4v) is 4.16. The number of amides is 1.